The van der Waals surface area contributed by atoms with Crippen LogP contribution in [0.1, 0.15) is 58.9 Å². The van der Waals surface area contributed by atoms with Gasteiger partial charge in [0.05, 0.1) is 6.61 Å². The third-order valence-corrected chi connectivity index (χ3v) is 4.20. The van der Waals surface area contributed by atoms with E-state index < -0.39 is 0 Å². The van der Waals surface area contributed by atoms with Crippen LogP contribution in [0.5, 0.6) is 5.75 Å². The van der Waals surface area contributed by atoms with Gasteiger partial charge in [-0.15, -0.1) is 0 Å². The van der Waals surface area contributed by atoms with Gasteiger partial charge >= 0.3 is 0 Å². The average Bonchev–Trinajstić information content (AvgIpc) is 2.49. The molecule has 2 aromatic carbocycles. The van der Waals surface area contributed by atoms with E-state index in [1.54, 1.807) is 0 Å². The predicted molar refractivity (Wildman–Crippen MR) is 100 cm³/mol. The quantitative estimate of drug-likeness (QED) is 0.687. The van der Waals surface area contributed by atoms with Crippen LogP contribution in [0, 0.1) is 33.1 Å². The lowest BCUT2D eigenvalue weighted by Crippen LogP contribution is -2.18. The number of aryl methyl sites for hydroxylation is 2. The molecule has 0 fully saturated rings. The molecule has 2 aromatic rings. The van der Waals surface area contributed by atoms with Gasteiger partial charge < -0.3 is 4.74 Å². The Bertz CT molecular complexity index is 764. The first-order valence-electron chi connectivity index (χ1n) is 8.45. The van der Waals surface area contributed by atoms with Crippen molar-refractivity contribution in [2.45, 2.75) is 48.5 Å². The summed E-state index contributed by atoms with van der Waals surface area (Å²) in [6.45, 7) is 15.2. The van der Waals surface area contributed by atoms with Crippen LogP contribution in [-0.4, -0.2) is 12.4 Å². The molecule has 2 nitrogen and oxygen atoms in total. The summed E-state index contributed by atoms with van der Waals surface area (Å²) in [5.41, 5.74) is 5.75. The molecule has 0 atom stereocenters. The second kappa shape index (κ2) is 6.80. The molecule has 2 rings (SSSR count). The van der Waals surface area contributed by atoms with E-state index in [4.69, 9.17) is 4.74 Å². The smallest absolute Gasteiger partial charge is 0.193 e. The number of rotatable bonds is 4. The van der Waals surface area contributed by atoms with Crippen LogP contribution in [0.25, 0.3) is 0 Å². The summed E-state index contributed by atoms with van der Waals surface area (Å²) in [5.74, 6) is 0.980. The highest BCUT2D eigenvalue weighted by Gasteiger charge is 2.19. The Morgan fingerprint density at radius 3 is 2.25 bits per heavy atom. The van der Waals surface area contributed by atoms with E-state index in [1.807, 2.05) is 58.0 Å². The van der Waals surface area contributed by atoms with E-state index in [-0.39, 0.29) is 11.2 Å². The molecule has 24 heavy (non-hydrogen) atoms. The lowest BCUT2D eigenvalue weighted by molar-refractivity contribution is 0.103. The summed E-state index contributed by atoms with van der Waals surface area (Å²) < 4.78 is 6.06. The molecule has 0 aromatic heterocycles. The Kier molecular flexibility index (Phi) is 5.17. The summed E-state index contributed by atoms with van der Waals surface area (Å²) in [7, 11) is 0. The fourth-order valence-electron chi connectivity index (χ4n) is 2.75. The first kappa shape index (κ1) is 18.3. The zero-order valence-corrected chi connectivity index (χ0v) is 15.9. The van der Waals surface area contributed by atoms with E-state index in [1.165, 1.54) is 0 Å². The lowest BCUT2D eigenvalue weighted by atomic mass is 9.92. The van der Waals surface area contributed by atoms with E-state index in [0.717, 1.165) is 39.1 Å². The Hall–Kier alpha value is -2.09. The number of ether oxygens (including phenoxy) is 1. The Labute approximate surface area is 145 Å². The van der Waals surface area contributed by atoms with Gasteiger partial charge in [0.2, 0.25) is 0 Å². The molecular weight excluding hydrogens is 296 g/mol. The molecule has 0 aliphatic rings. The monoisotopic (exact) mass is 324 g/mol. The van der Waals surface area contributed by atoms with Gasteiger partial charge in [-0.3, -0.25) is 4.79 Å². The van der Waals surface area contributed by atoms with Crippen LogP contribution in [0.2, 0.25) is 0 Å². The first-order chi connectivity index (χ1) is 11.1. The van der Waals surface area contributed by atoms with Crippen molar-refractivity contribution < 1.29 is 9.53 Å². The number of hydrogen-bond donors (Lipinski definition) is 0. The van der Waals surface area contributed by atoms with Crippen molar-refractivity contribution in [3.8, 4) is 5.75 Å². The summed E-state index contributed by atoms with van der Waals surface area (Å²) >= 11 is 0. The Morgan fingerprint density at radius 1 is 1.00 bits per heavy atom. The molecule has 0 spiro atoms. The molecule has 0 bridgehead atoms. The summed E-state index contributed by atoms with van der Waals surface area (Å²) in [6, 6.07) is 9.72. The van der Waals surface area contributed by atoms with Crippen molar-refractivity contribution in [3.05, 3.63) is 63.7 Å². The summed E-state index contributed by atoms with van der Waals surface area (Å²) in [5, 5.41) is 0. The van der Waals surface area contributed by atoms with Crippen LogP contribution in [0.4, 0.5) is 0 Å². The largest absolute Gasteiger partial charge is 0.492 e. The van der Waals surface area contributed by atoms with E-state index >= 15 is 0 Å². The van der Waals surface area contributed by atoms with Gasteiger partial charge in [0.15, 0.2) is 5.78 Å². The van der Waals surface area contributed by atoms with Gasteiger partial charge in [0.25, 0.3) is 0 Å². The fraction of sp³-hybridized carbons (Fsp3) is 0.409. The second-order valence-corrected chi connectivity index (χ2v) is 7.87. The third kappa shape index (κ3) is 4.05. The van der Waals surface area contributed by atoms with Gasteiger partial charge in [-0.05, 0) is 61.9 Å². The maximum atomic E-state index is 12.9. The Morgan fingerprint density at radius 2 is 1.67 bits per heavy atom. The topological polar surface area (TPSA) is 26.3 Å². The minimum atomic E-state index is 0.0739. The van der Waals surface area contributed by atoms with Crippen LogP contribution in [-0.2, 0) is 0 Å². The summed E-state index contributed by atoms with van der Waals surface area (Å²) in [6.07, 6.45) is 0. The van der Waals surface area contributed by atoms with E-state index in [9.17, 15) is 4.79 Å². The van der Waals surface area contributed by atoms with Crippen molar-refractivity contribution >= 4 is 5.78 Å². The van der Waals surface area contributed by atoms with Gasteiger partial charge in [-0.2, -0.15) is 0 Å². The van der Waals surface area contributed by atoms with E-state index in [0.29, 0.717) is 6.61 Å². The van der Waals surface area contributed by atoms with Gasteiger partial charge in [0.1, 0.15) is 5.75 Å². The van der Waals surface area contributed by atoms with Gasteiger partial charge in [0, 0.05) is 11.1 Å². The van der Waals surface area contributed by atoms with Crippen molar-refractivity contribution in [2.24, 2.45) is 5.41 Å². The molecule has 0 aliphatic heterocycles. The number of ketones is 1. The molecule has 0 saturated carbocycles. The summed E-state index contributed by atoms with van der Waals surface area (Å²) in [4.78, 5) is 12.9. The fourth-order valence-corrected chi connectivity index (χ4v) is 2.75. The zero-order chi connectivity index (χ0) is 18.1. The standard InChI is InChI=1S/C22H28O2/c1-14-9-8-10-18(11-14)20(23)19-12-15(2)21(17(4)16(19)3)24-13-22(5,6)7/h8-12H,13H2,1-7H3. The van der Waals surface area contributed by atoms with Crippen molar-refractivity contribution in [1.29, 1.82) is 0 Å². The van der Waals surface area contributed by atoms with Crippen molar-refractivity contribution in [1.82, 2.24) is 0 Å². The maximum absolute atomic E-state index is 12.9. The molecule has 2 heteroatoms. The van der Waals surface area contributed by atoms with Crippen LogP contribution in [0.3, 0.4) is 0 Å². The minimum absolute atomic E-state index is 0.0739. The highest BCUT2D eigenvalue weighted by molar-refractivity contribution is 6.10. The van der Waals surface area contributed by atoms with Crippen molar-refractivity contribution in [3.63, 3.8) is 0 Å². The number of benzene rings is 2. The average molecular weight is 324 g/mol. The molecule has 0 N–H and O–H groups in total. The SMILES string of the molecule is Cc1cccc(C(=O)c2cc(C)c(OCC(C)(C)C)c(C)c2C)c1. The lowest BCUT2D eigenvalue weighted by Gasteiger charge is -2.22. The van der Waals surface area contributed by atoms with Crippen LogP contribution < -0.4 is 4.74 Å². The third-order valence-electron chi connectivity index (χ3n) is 4.20. The van der Waals surface area contributed by atoms with E-state index in [2.05, 4.69) is 20.8 Å². The number of hydrogen-bond acceptors (Lipinski definition) is 2. The van der Waals surface area contributed by atoms with Gasteiger partial charge in [-0.1, -0.05) is 44.5 Å². The molecule has 0 heterocycles. The molecule has 0 saturated heterocycles. The van der Waals surface area contributed by atoms with Crippen LogP contribution in [0.15, 0.2) is 30.3 Å². The molecule has 0 radical (unpaired) electrons. The highest BCUT2D eigenvalue weighted by atomic mass is 16.5. The molecular formula is C22H28O2. The molecule has 0 unspecified atom stereocenters. The number of carbonyl (C=O) groups excluding carboxylic acids is 1. The maximum Gasteiger partial charge on any atom is 0.193 e. The second-order valence-electron chi connectivity index (χ2n) is 7.87. The van der Waals surface area contributed by atoms with Crippen LogP contribution >= 0.6 is 0 Å². The minimum Gasteiger partial charge on any atom is -0.492 e. The van der Waals surface area contributed by atoms with Crippen molar-refractivity contribution in [2.75, 3.05) is 6.61 Å². The molecule has 0 amide bonds. The van der Waals surface area contributed by atoms with Gasteiger partial charge in [-0.25, -0.2) is 0 Å². The molecule has 128 valence electrons. The normalized spacial score (nSPS) is 11.5. The zero-order valence-electron chi connectivity index (χ0n) is 15.9. The first-order valence-corrected chi connectivity index (χ1v) is 8.45. The molecule has 0 aliphatic carbocycles. The number of carbonyl (C=O) groups is 1. The Balaban J connectivity index is 2.41. The highest BCUT2D eigenvalue weighted by Crippen LogP contribution is 2.31. The predicted octanol–water partition coefficient (Wildman–Crippen LogP) is 5.58.